The fourth-order valence-corrected chi connectivity index (χ4v) is 2.47. The fourth-order valence-electron chi connectivity index (χ4n) is 2.47. The maximum atomic E-state index is 13.7. The summed E-state index contributed by atoms with van der Waals surface area (Å²) in [5, 5.41) is 13.7. The Hall–Kier alpha value is -1.65. The summed E-state index contributed by atoms with van der Waals surface area (Å²) in [6, 6.07) is 4.01. The predicted molar refractivity (Wildman–Crippen MR) is 68.1 cm³/mol. The van der Waals surface area contributed by atoms with Crippen LogP contribution in [0.3, 0.4) is 0 Å². The summed E-state index contributed by atoms with van der Waals surface area (Å²) in [6.45, 7) is 2.15. The normalized spacial score (nSPS) is 23.7. The Morgan fingerprint density at radius 1 is 1.39 bits per heavy atom. The van der Waals surface area contributed by atoms with Gasteiger partial charge < -0.3 is 5.32 Å². The van der Waals surface area contributed by atoms with E-state index in [0.29, 0.717) is 11.6 Å². The second-order valence-corrected chi connectivity index (χ2v) is 4.93. The number of anilines is 1. The summed E-state index contributed by atoms with van der Waals surface area (Å²) in [4.78, 5) is 9.94. The first-order valence-corrected chi connectivity index (χ1v) is 6.28. The van der Waals surface area contributed by atoms with E-state index >= 15 is 0 Å². The van der Waals surface area contributed by atoms with Gasteiger partial charge in [-0.3, -0.25) is 10.1 Å². The highest BCUT2D eigenvalue weighted by Crippen LogP contribution is 2.28. The average Bonchev–Trinajstić information content (AvgIpc) is 2.34. The van der Waals surface area contributed by atoms with Crippen LogP contribution in [0, 0.1) is 21.8 Å². The van der Waals surface area contributed by atoms with Gasteiger partial charge in [0.15, 0.2) is 5.82 Å². The van der Waals surface area contributed by atoms with Crippen molar-refractivity contribution in [1.29, 1.82) is 0 Å². The van der Waals surface area contributed by atoms with E-state index < -0.39 is 10.7 Å². The number of rotatable bonds is 3. The third kappa shape index (κ3) is 2.78. The van der Waals surface area contributed by atoms with E-state index in [1.807, 2.05) is 0 Å². The molecule has 1 aliphatic carbocycles. The number of nitrogens with one attached hydrogen (secondary N) is 1. The van der Waals surface area contributed by atoms with Crippen LogP contribution in [0.15, 0.2) is 18.2 Å². The standard InChI is InChI=1S/C13H17FN2O2/c1-9-4-2-3-5-12(9)15-13-7-6-10(16(17)18)8-11(13)14/h6-9,12,15H,2-5H2,1H3. The maximum absolute atomic E-state index is 13.7. The molecule has 0 saturated heterocycles. The van der Waals surface area contributed by atoms with Gasteiger partial charge in [-0.2, -0.15) is 0 Å². The van der Waals surface area contributed by atoms with Crippen molar-refractivity contribution in [2.75, 3.05) is 5.32 Å². The first-order chi connectivity index (χ1) is 8.58. The molecule has 1 saturated carbocycles. The monoisotopic (exact) mass is 252 g/mol. The van der Waals surface area contributed by atoms with Crippen molar-refractivity contribution in [1.82, 2.24) is 0 Å². The highest BCUT2D eigenvalue weighted by Gasteiger charge is 2.22. The topological polar surface area (TPSA) is 55.2 Å². The molecule has 1 aliphatic rings. The third-order valence-electron chi connectivity index (χ3n) is 3.62. The van der Waals surface area contributed by atoms with Crippen LogP contribution in [0.4, 0.5) is 15.8 Å². The molecule has 0 bridgehead atoms. The molecule has 18 heavy (non-hydrogen) atoms. The van der Waals surface area contributed by atoms with Crippen LogP contribution < -0.4 is 5.32 Å². The van der Waals surface area contributed by atoms with Gasteiger partial charge in [0.05, 0.1) is 16.7 Å². The largest absolute Gasteiger partial charge is 0.380 e. The van der Waals surface area contributed by atoms with E-state index in [-0.39, 0.29) is 11.7 Å². The lowest BCUT2D eigenvalue weighted by Gasteiger charge is -2.30. The molecule has 0 aromatic heterocycles. The molecule has 98 valence electrons. The van der Waals surface area contributed by atoms with Gasteiger partial charge in [0.1, 0.15) is 0 Å². The number of nitro groups is 1. The van der Waals surface area contributed by atoms with Crippen molar-refractivity contribution < 1.29 is 9.31 Å². The van der Waals surface area contributed by atoms with E-state index in [4.69, 9.17) is 0 Å². The molecule has 1 aromatic rings. The van der Waals surface area contributed by atoms with E-state index in [1.54, 1.807) is 0 Å². The second kappa shape index (κ2) is 5.33. The number of nitrogens with zero attached hydrogens (tertiary/aromatic N) is 1. The lowest BCUT2D eigenvalue weighted by atomic mass is 9.86. The molecule has 1 aromatic carbocycles. The number of benzene rings is 1. The third-order valence-corrected chi connectivity index (χ3v) is 3.62. The minimum absolute atomic E-state index is 0.213. The number of nitro benzene ring substituents is 1. The Labute approximate surface area is 105 Å². The van der Waals surface area contributed by atoms with E-state index in [0.717, 1.165) is 25.3 Å². The van der Waals surface area contributed by atoms with Gasteiger partial charge in [0, 0.05) is 12.1 Å². The molecule has 4 nitrogen and oxygen atoms in total. The van der Waals surface area contributed by atoms with Crippen LogP contribution in [-0.2, 0) is 0 Å². The quantitative estimate of drug-likeness (QED) is 0.658. The van der Waals surface area contributed by atoms with Gasteiger partial charge in [-0.25, -0.2) is 4.39 Å². The van der Waals surface area contributed by atoms with Crippen molar-refractivity contribution in [3.8, 4) is 0 Å². The minimum atomic E-state index is -0.587. The summed E-state index contributed by atoms with van der Waals surface area (Å²) in [6.07, 6.45) is 4.54. The molecule has 5 heteroatoms. The summed E-state index contributed by atoms with van der Waals surface area (Å²) in [7, 11) is 0. The lowest BCUT2D eigenvalue weighted by molar-refractivity contribution is -0.385. The van der Waals surface area contributed by atoms with Crippen molar-refractivity contribution in [2.45, 2.75) is 38.6 Å². The van der Waals surface area contributed by atoms with Crippen LogP contribution in [0.1, 0.15) is 32.6 Å². The Kier molecular flexibility index (Phi) is 3.79. The summed E-state index contributed by atoms with van der Waals surface area (Å²) in [5.74, 6) is -0.0460. The summed E-state index contributed by atoms with van der Waals surface area (Å²) in [5.41, 5.74) is 0.147. The molecular formula is C13H17FN2O2. The van der Waals surface area contributed by atoms with Gasteiger partial charge in [-0.05, 0) is 24.8 Å². The van der Waals surface area contributed by atoms with Crippen LogP contribution in [0.25, 0.3) is 0 Å². The van der Waals surface area contributed by atoms with Crippen LogP contribution in [0.2, 0.25) is 0 Å². The van der Waals surface area contributed by atoms with E-state index in [2.05, 4.69) is 12.2 Å². The first-order valence-electron chi connectivity index (χ1n) is 6.28. The Morgan fingerprint density at radius 3 is 2.72 bits per heavy atom. The van der Waals surface area contributed by atoms with E-state index in [1.165, 1.54) is 18.6 Å². The Balaban J connectivity index is 2.11. The van der Waals surface area contributed by atoms with Crippen LogP contribution in [0.5, 0.6) is 0 Å². The van der Waals surface area contributed by atoms with Crippen molar-refractivity contribution in [2.24, 2.45) is 5.92 Å². The number of hydrogen-bond donors (Lipinski definition) is 1. The average molecular weight is 252 g/mol. The van der Waals surface area contributed by atoms with Gasteiger partial charge in [-0.1, -0.05) is 19.8 Å². The molecule has 0 spiro atoms. The Morgan fingerprint density at radius 2 is 2.11 bits per heavy atom. The van der Waals surface area contributed by atoms with E-state index in [9.17, 15) is 14.5 Å². The predicted octanol–water partition coefficient (Wildman–Crippen LogP) is 3.72. The maximum Gasteiger partial charge on any atom is 0.272 e. The van der Waals surface area contributed by atoms with Crippen molar-refractivity contribution in [3.05, 3.63) is 34.1 Å². The number of halogens is 1. The van der Waals surface area contributed by atoms with Crippen LogP contribution >= 0.6 is 0 Å². The first kappa shape index (κ1) is 12.8. The Bertz CT molecular complexity index is 451. The van der Waals surface area contributed by atoms with Gasteiger partial charge in [0.25, 0.3) is 5.69 Å². The molecule has 1 N–H and O–H groups in total. The molecule has 2 unspecified atom stereocenters. The van der Waals surface area contributed by atoms with Crippen molar-refractivity contribution >= 4 is 11.4 Å². The highest BCUT2D eigenvalue weighted by atomic mass is 19.1. The second-order valence-electron chi connectivity index (χ2n) is 4.93. The smallest absolute Gasteiger partial charge is 0.272 e. The summed E-state index contributed by atoms with van der Waals surface area (Å²) >= 11 is 0. The number of non-ortho nitro benzene ring substituents is 1. The minimum Gasteiger partial charge on any atom is -0.380 e. The fraction of sp³-hybridized carbons (Fsp3) is 0.538. The van der Waals surface area contributed by atoms with Gasteiger partial charge in [-0.15, -0.1) is 0 Å². The molecule has 0 heterocycles. The van der Waals surface area contributed by atoms with Crippen LogP contribution in [-0.4, -0.2) is 11.0 Å². The SMILES string of the molecule is CC1CCCCC1Nc1ccc([N+](=O)[O-])cc1F. The van der Waals surface area contributed by atoms with Gasteiger partial charge in [0.2, 0.25) is 0 Å². The molecule has 2 rings (SSSR count). The lowest BCUT2D eigenvalue weighted by Crippen LogP contribution is -2.30. The molecule has 1 fully saturated rings. The summed E-state index contributed by atoms with van der Waals surface area (Å²) < 4.78 is 13.7. The number of hydrogen-bond acceptors (Lipinski definition) is 3. The molecular weight excluding hydrogens is 235 g/mol. The molecule has 0 radical (unpaired) electrons. The molecule has 2 atom stereocenters. The zero-order valence-corrected chi connectivity index (χ0v) is 10.4. The zero-order chi connectivity index (χ0) is 13.1. The van der Waals surface area contributed by atoms with Crippen molar-refractivity contribution in [3.63, 3.8) is 0 Å². The molecule has 0 amide bonds. The zero-order valence-electron chi connectivity index (χ0n) is 10.4. The molecule has 0 aliphatic heterocycles. The van der Waals surface area contributed by atoms with Gasteiger partial charge >= 0.3 is 0 Å². The highest BCUT2D eigenvalue weighted by molar-refractivity contribution is 5.50.